The first-order chi connectivity index (χ1) is 16.4. The Morgan fingerprint density at radius 2 is 1.63 bits per heavy atom. The van der Waals surface area contributed by atoms with Crippen LogP contribution in [0.1, 0.15) is 46.3 Å². The molecule has 1 atom stereocenters. The Morgan fingerprint density at radius 1 is 1.00 bits per heavy atom. The van der Waals surface area contributed by atoms with E-state index in [1.165, 1.54) is 30.3 Å². The lowest BCUT2D eigenvalue weighted by atomic mass is 9.96. The second kappa shape index (κ2) is 10.9. The number of hydrogen-bond donors (Lipinski definition) is 1. The van der Waals surface area contributed by atoms with Crippen LogP contribution in [0.5, 0.6) is 0 Å². The number of nitrogens with one attached hydrogen (secondary N) is 1. The van der Waals surface area contributed by atoms with Crippen LogP contribution in [0.4, 0.5) is 4.39 Å². The highest BCUT2D eigenvalue weighted by molar-refractivity contribution is 7.89. The van der Waals surface area contributed by atoms with E-state index in [1.807, 2.05) is 40.7 Å². The molecule has 5 nitrogen and oxygen atoms in total. The highest BCUT2D eigenvalue weighted by Gasteiger charge is 2.29. The van der Waals surface area contributed by atoms with Crippen molar-refractivity contribution in [1.29, 1.82) is 0 Å². The number of carbonyl (C=O) groups excluding carboxylic acids is 1. The lowest BCUT2D eigenvalue weighted by Crippen LogP contribution is -2.41. The lowest BCUT2D eigenvalue weighted by Gasteiger charge is -2.24. The molecule has 1 unspecified atom stereocenters. The molecule has 1 amide bonds. The normalized spacial score (nSPS) is 12.6. The SMILES string of the molecule is Cc1ccc(S(=O)(=O)N(CC(=O)NC(C)c2cc(C)c(C)cc2C)Cc2c(F)cccc2Cl)cc1. The van der Waals surface area contributed by atoms with Crippen molar-refractivity contribution in [2.75, 3.05) is 6.54 Å². The molecule has 0 bridgehead atoms. The van der Waals surface area contributed by atoms with E-state index in [-0.39, 0.29) is 28.1 Å². The molecule has 0 heterocycles. The lowest BCUT2D eigenvalue weighted by molar-refractivity contribution is -0.122. The highest BCUT2D eigenvalue weighted by atomic mass is 35.5. The summed E-state index contributed by atoms with van der Waals surface area (Å²) in [5, 5.41) is 2.98. The zero-order valence-corrected chi connectivity index (χ0v) is 22.1. The van der Waals surface area contributed by atoms with Gasteiger partial charge in [0.05, 0.1) is 17.5 Å². The standard InChI is InChI=1S/C27H30ClFN2O3S/c1-17-9-11-22(12-10-17)35(33,34)31(15-24-25(28)7-6-8-26(24)29)16-27(32)30-21(5)23-14-19(3)18(2)13-20(23)4/h6-14,21H,15-16H2,1-5H3,(H,30,32). The van der Waals surface area contributed by atoms with Crippen molar-refractivity contribution in [3.05, 3.63) is 98.8 Å². The number of carbonyl (C=O) groups is 1. The third-order valence-electron chi connectivity index (χ3n) is 6.10. The van der Waals surface area contributed by atoms with Crippen LogP contribution in [0.2, 0.25) is 5.02 Å². The van der Waals surface area contributed by atoms with Crippen LogP contribution in [0.25, 0.3) is 0 Å². The molecule has 0 spiro atoms. The molecule has 8 heteroatoms. The molecule has 3 aromatic rings. The van der Waals surface area contributed by atoms with Gasteiger partial charge < -0.3 is 5.32 Å². The first-order valence-electron chi connectivity index (χ1n) is 11.3. The molecule has 0 aromatic heterocycles. The van der Waals surface area contributed by atoms with Crippen LogP contribution >= 0.6 is 11.6 Å². The molecule has 0 radical (unpaired) electrons. The van der Waals surface area contributed by atoms with Gasteiger partial charge in [0.25, 0.3) is 0 Å². The Hall–Kier alpha value is -2.74. The molecule has 0 saturated heterocycles. The minimum Gasteiger partial charge on any atom is -0.348 e. The van der Waals surface area contributed by atoms with Crippen LogP contribution in [0, 0.1) is 33.5 Å². The monoisotopic (exact) mass is 516 g/mol. The van der Waals surface area contributed by atoms with Crippen LogP contribution in [0.15, 0.2) is 59.5 Å². The largest absolute Gasteiger partial charge is 0.348 e. The van der Waals surface area contributed by atoms with Crippen molar-refractivity contribution in [3.63, 3.8) is 0 Å². The molecular weight excluding hydrogens is 487 g/mol. The van der Waals surface area contributed by atoms with E-state index in [9.17, 15) is 17.6 Å². The summed E-state index contributed by atoms with van der Waals surface area (Å²) in [5.41, 5.74) is 5.14. The molecule has 0 saturated carbocycles. The van der Waals surface area contributed by atoms with Gasteiger partial charge in [-0.15, -0.1) is 0 Å². The quantitative estimate of drug-likeness (QED) is 0.412. The van der Waals surface area contributed by atoms with Gasteiger partial charge in [0.1, 0.15) is 5.82 Å². The first kappa shape index (κ1) is 26.9. The Labute approximate surface area is 212 Å². The Bertz CT molecular complexity index is 1320. The average Bonchev–Trinajstić information content (AvgIpc) is 2.78. The van der Waals surface area contributed by atoms with Crippen molar-refractivity contribution >= 4 is 27.5 Å². The van der Waals surface area contributed by atoms with Crippen molar-refractivity contribution in [2.45, 2.75) is 52.1 Å². The Kier molecular flexibility index (Phi) is 8.36. The van der Waals surface area contributed by atoms with Crippen molar-refractivity contribution in [1.82, 2.24) is 9.62 Å². The Morgan fingerprint density at radius 3 is 2.26 bits per heavy atom. The molecule has 0 aliphatic rings. The van der Waals surface area contributed by atoms with Crippen LogP contribution in [0.3, 0.4) is 0 Å². The van der Waals surface area contributed by atoms with Gasteiger partial charge in [-0.2, -0.15) is 4.31 Å². The smallest absolute Gasteiger partial charge is 0.243 e. The zero-order valence-electron chi connectivity index (χ0n) is 20.5. The van der Waals surface area contributed by atoms with Gasteiger partial charge in [-0.25, -0.2) is 12.8 Å². The van der Waals surface area contributed by atoms with Crippen LogP contribution in [-0.4, -0.2) is 25.2 Å². The van der Waals surface area contributed by atoms with Gasteiger partial charge in [-0.1, -0.05) is 47.5 Å². The van der Waals surface area contributed by atoms with E-state index in [2.05, 4.69) is 11.4 Å². The average molecular weight is 517 g/mol. The van der Waals surface area contributed by atoms with Gasteiger partial charge in [0.15, 0.2) is 0 Å². The summed E-state index contributed by atoms with van der Waals surface area (Å²) in [4.78, 5) is 13.1. The van der Waals surface area contributed by atoms with Gasteiger partial charge in [-0.05, 0) is 81.1 Å². The fourth-order valence-corrected chi connectivity index (χ4v) is 5.51. The number of sulfonamides is 1. The molecular formula is C27H30ClFN2O3S. The van der Waals surface area contributed by atoms with Crippen LogP contribution in [-0.2, 0) is 21.4 Å². The van der Waals surface area contributed by atoms with Crippen LogP contribution < -0.4 is 5.32 Å². The minimum absolute atomic E-state index is 0.00991. The molecule has 0 aliphatic carbocycles. The molecule has 35 heavy (non-hydrogen) atoms. The molecule has 3 aromatic carbocycles. The predicted octanol–water partition coefficient (Wildman–Crippen LogP) is 5.78. The summed E-state index contributed by atoms with van der Waals surface area (Å²) >= 11 is 6.17. The molecule has 1 N–H and O–H groups in total. The van der Waals surface area contributed by atoms with E-state index in [0.717, 1.165) is 32.1 Å². The van der Waals surface area contributed by atoms with Crippen molar-refractivity contribution in [2.24, 2.45) is 0 Å². The summed E-state index contributed by atoms with van der Waals surface area (Å²) in [6, 6.07) is 14.2. The van der Waals surface area contributed by atoms with E-state index in [0.29, 0.717) is 0 Å². The molecule has 0 fully saturated rings. The fraction of sp³-hybridized carbons (Fsp3) is 0.296. The molecule has 3 rings (SSSR count). The van der Waals surface area contributed by atoms with E-state index in [4.69, 9.17) is 11.6 Å². The van der Waals surface area contributed by atoms with E-state index >= 15 is 0 Å². The summed E-state index contributed by atoms with van der Waals surface area (Å²) in [6.45, 7) is 8.82. The van der Waals surface area contributed by atoms with Gasteiger partial charge in [0, 0.05) is 17.1 Å². The number of nitrogens with zero attached hydrogens (tertiary/aromatic N) is 1. The molecule has 186 valence electrons. The number of benzene rings is 3. The summed E-state index contributed by atoms with van der Waals surface area (Å²) in [5.74, 6) is -1.14. The summed E-state index contributed by atoms with van der Waals surface area (Å²) in [6.07, 6.45) is 0. The van der Waals surface area contributed by atoms with Gasteiger partial charge >= 0.3 is 0 Å². The highest BCUT2D eigenvalue weighted by Crippen LogP contribution is 2.26. The minimum atomic E-state index is -4.12. The number of amides is 1. The third-order valence-corrected chi connectivity index (χ3v) is 8.26. The van der Waals surface area contributed by atoms with Gasteiger partial charge in [-0.3, -0.25) is 4.79 Å². The topological polar surface area (TPSA) is 66.5 Å². The predicted molar refractivity (Wildman–Crippen MR) is 137 cm³/mol. The maximum atomic E-state index is 14.5. The van der Waals surface area contributed by atoms with E-state index in [1.54, 1.807) is 12.1 Å². The van der Waals surface area contributed by atoms with Gasteiger partial charge in [0.2, 0.25) is 15.9 Å². The molecule has 0 aliphatic heterocycles. The van der Waals surface area contributed by atoms with Crippen molar-refractivity contribution in [3.8, 4) is 0 Å². The summed E-state index contributed by atoms with van der Waals surface area (Å²) < 4.78 is 42.4. The second-order valence-corrected chi connectivity index (χ2v) is 11.2. The third kappa shape index (κ3) is 6.28. The second-order valence-electron chi connectivity index (χ2n) is 8.87. The zero-order chi connectivity index (χ0) is 25.9. The number of rotatable bonds is 8. The number of halogens is 2. The Balaban J connectivity index is 1.91. The summed E-state index contributed by atoms with van der Waals surface area (Å²) in [7, 11) is -4.12. The van der Waals surface area contributed by atoms with Crippen molar-refractivity contribution < 1.29 is 17.6 Å². The number of hydrogen-bond acceptors (Lipinski definition) is 3. The fourth-order valence-electron chi connectivity index (χ4n) is 3.92. The maximum Gasteiger partial charge on any atom is 0.243 e. The number of aryl methyl sites for hydroxylation is 4. The first-order valence-corrected chi connectivity index (χ1v) is 13.1. The van der Waals surface area contributed by atoms with E-state index < -0.39 is 28.3 Å². The maximum absolute atomic E-state index is 14.5.